The number of benzene rings is 1. The Kier molecular flexibility index (Phi) is 3.15. The molecule has 1 aromatic carbocycles. The fourth-order valence-electron chi connectivity index (χ4n) is 2.07. The van der Waals surface area contributed by atoms with Crippen LogP contribution in [0.15, 0.2) is 41.2 Å². The summed E-state index contributed by atoms with van der Waals surface area (Å²) in [4.78, 5) is 13.7. The van der Waals surface area contributed by atoms with Crippen molar-refractivity contribution in [1.82, 2.24) is 19.8 Å². The average molecular weight is 300 g/mol. The molecule has 8 heteroatoms. The number of H-pyrrole nitrogens is 1. The summed E-state index contributed by atoms with van der Waals surface area (Å²) in [6, 6.07) is 11.0. The van der Waals surface area contributed by atoms with Crippen LogP contribution in [0.2, 0.25) is 0 Å². The Morgan fingerprint density at radius 2 is 2.10 bits per heavy atom. The standard InChI is InChI=1S/C13H12N6OS/c1-18(9-5-3-2-4-8(9)12(14)21)11-7-6-10-15-16-13(20)19(10)17-11/h2-7H,1H3,(H2,14,21)(H,16,20). The molecule has 21 heavy (non-hydrogen) atoms. The molecule has 0 bridgehead atoms. The first-order valence-electron chi connectivity index (χ1n) is 6.15. The van der Waals surface area contributed by atoms with Gasteiger partial charge < -0.3 is 10.6 Å². The Morgan fingerprint density at radius 1 is 1.33 bits per heavy atom. The molecule has 0 fully saturated rings. The van der Waals surface area contributed by atoms with Gasteiger partial charge in [0.15, 0.2) is 11.5 Å². The molecule has 0 aliphatic heterocycles. The minimum atomic E-state index is -0.386. The average Bonchev–Trinajstić information content (AvgIpc) is 2.87. The molecule has 2 heterocycles. The highest BCUT2D eigenvalue weighted by Gasteiger charge is 2.13. The number of hydrogen-bond donors (Lipinski definition) is 2. The first-order chi connectivity index (χ1) is 10.1. The third-order valence-electron chi connectivity index (χ3n) is 3.13. The summed E-state index contributed by atoms with van der Waals surface area (Å²) in [5.74, 6) is 0.578. The molecule has 0 aliphatic carbocycles. The van der Waals surface area contributed by atoms with Gasteiger partial charge in [0.25, 0.3) is 0 Å². The molecule has 3 aromatic rings. The van der Waals surface area contributed by atoms with Crippen molar-refractivity contribution in [2.75, 3.05) is 11.9 Å². The van der Waals surface area contributed by atoms with Gasteiger partial charge in [-0.1, -0.05) is 24.4 Å². The van der Waals surface area contributed by atoms with Crippen LogP contribution in [-0.2, 0) is 0 Å². The summed E-state index contributed by atoms with van der Waals surface area (Å²) < 4.78 is 1.20. The Balaban J connectivity index is 2.12. The fraction of sp³-hybridized carbons (Fsp3) is 0.0769. The van der Waals surface area contributed by atoms with Gasteiger partial charge >= 0.3 is 5.69 Å². The molecule has 0 saturated carbocycles. The smallest absolute Gasteiger partial charge is 0.364 e. The van der Waals surface area contributed by atoms with Crippen LogP contribution >= 0.6 is 12.2 Å². The molecule has 0 saturated heterocycles. The molecule has 3 rings (SSSR count). The molecule has 106 valence electrons. The second-order valence-corrected chi connectivity index (χ2v) is 4.87. The van der Waals surface area contributed by atoms with E-state index in [9.17, 15) is 4.79 Å². The van der Waals surface area contributed by atoms with Crippen LogP contribution in [0.25, 0.3) is 5.65 Å². The number of para-hydroxylation sites is 1. The lowest BCUT2D eigenvalue weighted by molar-refractivity contribution is 0.867. The number of thiocarbonyl (C=S) groups is 1. The van der Waals surface area contributed by atoms with E-state index in [1.807, 2.05) is 36.2 Å². The zero-order valence-electron chi connectivity index (χ0n) is 11.1. The highest BCUT2D eigenvalue weighted by atomic mass is 32.1. The van der Waals surface area contributed by atoms with Crippen molar-refractivity contribution in [3.05, 3.63) is 52.4 Å². The molecule has 0 aliphatic rings. The first-order valence-corrected chi connectivity index (χ1v) is 6.56. The van der Waals surface area contributed by atoms with Crippen molar-refractivity contribution in [2.45, 2.75) is 0 Å². The highest BCUT2D eigenvalue weighted by Crippen LogP contribution is 2.25. The Morgan fingerprint density at radius 3 is 2.86 bits per heavy atom. The number of nitrogens with one attached hydrogen (secondary N) is 1. The van der Waals surface area contributed by atoms with Crippen molar-refractivity contribution in [2.24, 2.45) is 5.73 Å². The van der Waals surface area contributed by atoms with E-state index in [1.165, 1.54) is 4.52 Å². The zero-order valence-corrected chi connectivity index (χ0v) is 12.0. The monoisotopic (exact) mass is 300 g/mol. The molecule has 0 atom stereocenters. The number of aromatic amines is 1. The number of aromatic nitrogens is 4. The van der Waals surface area contributed by atoms with Gasteiger partial charge in [-0.2, -0.15) is 9.61 Å². The molecule has 0 spiro atoms. The normalized spacial score (nSPS) is 10.7. The largest absolute Gasteiger partial charge is 0.389 e. The van der Waals surface area contributed by atoms with E-state index < -0.39 is 0 Å². The van der Waals surface area contributed by atoms with Gasteiger partial charge in [-0.15, -0.1) is 5.10 Å². The molecule has 2 aromatic heterocycles. The molecule has 0 amide bonds. The molecule has 0 radical (unpaired) electrons. The summed E-state index contributed by atoms with van der Waals surface area (Å²) >= 11 is 5.06. The van der Waals surface area contributed by atoms with Crippen molar-refractivity contribution in [3.63, 3.8) is 0 Å². The Bertz CT molecular complexity index is 883. The topological polar surface area (TPSA) is 92.3 Å². The number of anilines is 2. The molecule has 3 N–H and O–H groups in total. The van der Waals surface area contributed by atoms with Crippen LogP contribution in [0, 0.1) is 0 Å². The van der Waals surface area contributed by atoms with Gasteiger partial charge in [-0.3, -0.25) is 0 Å². The Hall–Kier alpha value is -2.74. The van der Waals surface area contributed by atoms with E-state index in [1.54, 1.807) is 12.1 Å². The number of hydrogen-bond acceptors (Lipinski definition) is 5. The maximum absolute atomic E-state index is 11.6. The maximum Gasteiger partial charge on any atom is 0.364 e. The number of nitrogens with zero attached hydrogens (tertiary/aromatic N) is 4. The second kappa shape index (κ2) is 4.98. The van der Waals surface area contributed by atoms with Crippen molar-refractivity contribution in [1.29, 1.82) is 0 Å². The number of nitrogens with two attached hydrogens (primary N) is 1. The van der Waals surface area contributed by atoms with Crippen molar-refractivity contribution < 1.29 is 0 Å². The van der Waals surface area contributed by atoms with Crippen LogP contribution in [0.3, 0.4) is 0 Å². The third-order valence-corrected chi connectivity index (χ3v) is 3.35. The van der Waals surface area contributed by atoms with E-state index in [2.05, 4.69) is 15.3 Å². The lowest BCUT2D eigenvalue weighted by atomic mass is 10.1. The molecule has 7 nitrogen and oxygen atoms in total. The van der Waals surface area contributed by atoms with Gasteiger partial charge in [0.05, 0.1) is 5.69 Å². The van der Waals surface area contributed by atoms with Crippen LogP contribution in [0.4, 0.5) is 11.5 Å². The van der Waals surface area contributed by atoms with Crippen LogP contribution in [0.1, 0.15) is 5.56 Å². The minimum Gasteiger partial charge on any atom is -0.389 e. The van der Waals surface area contributed by atoms with Gasteiger partial charge in [0.2, 0.25) is 0 Å². The zero-order chi connectivity index (χ0) is 15.0. The van der Waals surface area contributed by atoms with E-state index >= 15 is 0 Å². The minimum absolute atomic E-state index is 0.305. The third kappa shape index (κ3) is 2.25. The van der Waals surface area contributed by atoms with Crippen molar-refractivity contribution in [3.8, 4) is 0 Å². The summed E-state index contributed by atoms with van der Waals surface area (Å²) in [6.45, 7) is 0. The highest BCUT2D eigenvalue weighted by molar-refractivity contribution is 7.80. The Labute approximate surface area is 125 Å². The second-order valence-electron chi connectivity index (χ2n) is 4.43. The lowest BCUT2D eigenvalue weighted by Crippen LogP contribution is -2.20. The van der Waals surface area contributed by atoms with Gasteiger partial charge in [-0.25, -0.2) is 9.89 Å². The molecular formula is C13H12N6OS. The van der Waals surface area contributed by atoms with Gasteiger partial charge in [-0.05, 0) is 24.3 Å². The molecule has 0 unspecified atom stereocenters. The number of rotatable bonds is 3. The van der Waals surface area contributed by atoms with Crippen LogP contribution in [-0.4, -0.2) is 31.8 Å². The summed E-state index contributed by atoms with van der Waals surface area (Å²) in [5, 5.41) is 10.5. The number of fused-ring (bicyclic) bond motifs is 1. The van der Waals surface area contributed by atoms with Gasteiger partial charge in [0, 0.05) is 12.6 Å². The van der Waals surface area contributed by atoms with E-state index in [4.69, 9.17) is 18.0 Å². The summed E-state index contributed by atoms with van der Waals surface area (Å²) in [5.41, 5.74) is 7.37. The first kappa shape index (κ1) is 13.3. The lowest BCUT2D eigenvalue weighted by Gasteiger charge is -2.20. The molecular weight excluding hydrogens is 288 g/mol. The summed E-state index contributed by atoms with van der Waals surface area (Å²) in [6.07, 6.45) is 0. The predicted molar refractivity (Wildman–Crippen MR) is 84.0 cm³/mol. The van der Waals surface area contributed by atoms with E-state index in [-0.39, 0.29) is 5.69 Å². The van der Waals surface area contributed by atoms with Crippen molar-refractivity contribution >= 4 is 34.4 Å². The quantitative estimate of drug-likeness (QED) is 0.696. The van der Waals surface area contributed by atoms with E-state index in [0.29, 0.717) is 16.5 Å². The van der Waals surface area contributed by atoms with E-state index in [0.717, 1.165) is 11.3 Å². The van der Waals surface area contributed by atoms with Gasteiger partial charge in [0.1, 0.15) is 4.99 Å². The SMILES string of the molecule is CN(c1ccc2n[nH]c(=O)n2n1)c1ccccc1C(N)=S. The van der Waals surface area contributed by atoms with Crippen LogP contribution in [0.5, 0.6) is 0 Å². The maximum atomic E-state index is 11.6. The fourth-order valence-corrected chi connectivity index (χ4v) is 2.24. The summed E-state index contributed by atoms with van der Waals surface area (Å²) in [7, 11) is 1.83. The van der Waals surface area contributed by atoms with Crippen LogP contribution < -0.4 is 16.3 Å². The predicted octanol–water partition coefficient (Wildman–Crippen LogP) is 0.820.